The Morgan fingerprint density at radius 2 is 1.89 bits per heavy atom. The second-order valence-corrected chi connectivity index (χ2v) is 8.91. The molecule has 0 radical (unpaired) electrons. The summed E-state index contributed by atoms with van der Waals surface area (Å²) in [5, 5.41) is 2.63. The van der Waals surface area contributed by atoms with Crippen LogP contribution in [-0.2, 0) is 19.6 Å². The second-order valence-electron chi connectivity index (χ2n) is 5.65. The first-order valence-corrected chi connectivity index (χ1v) is 11.0. The van der Waals surface area contributed by atoms with Crippen LogP contribution in [0.5, 0.6) is 0 Å². The van der Waals surface area contributed by atoms with Crippen molar-refractivity contribution in [3.63, 3.8) is 0 Å². The van der Waals surface area contributed by atoms with Crippen molar-refractivity contribution in [1.29, 1.82) is 0 Å². The number of hydrogen-bond acceptors (Lipinski definition) is 6. The summed E-state index contributed by atoms with van der Waals surface area (Å²) in [5.74, 6) is -1.20. The molecule has 0 bridgehead atoms. The molecule has 150 valence electrons. The zero-order valence-electron chi connectivity index (χ0n) is 15.4. The summed E-state index contributed by atoms with van der Waals surface area (Å²) in [6.45, 7) is -0.427. The minimum Gasteiger partial charge on any atom is -0.465 e. The molecule has 0 aromatic heterocycles. The molecular weight excluding hydrogens is 424 g/mol. The third kappa shape index (κ3) is 5.05. The largest absolute Gasteiger partial charge is 0.465 e. The van der Waals surface area contributed by atoms with Gasteiger partial charge in [-0.15, -0.1) is 11.8 Å². The van der Waals surface area contributed by atoms with Crippen LogP contribution in [-0.4, -0.2) is 51.6 Å². The number of carbonyl (C=O) groups is 2. The number of benzene rings is 2. The first kappa shape index (κ1) is 22.2. The number of nitrogens with zero attached hydrogens (tertiary/aromatic N) is 1. The van der Waals surface area contributed by atoms with Gasteiger partial charge in [0, 0.05) is 11.9 Å². The summed E-state index contributed by atoms with van der Waals surface area (Å²) in [5.41, 5.74) is 0.633. The molecule has 2 rings (SSSR count). The SMILES string of the molecule is COC(=O)c1ccc(Cl)c(S(=O)(=O)N(C)CC(=O)Nc2ccccc2SC)c1. The maximum Gasteiger partial charge on any atom is 0.337 e. The van der Waals surface area contributed by atoms with Gasteiger partial charge in [-0.25, -0.2) is 13.2 Å². The van der Waals surface area contributed by atoms with Crippen LogP contribution in [0.3, 0.4) is 0 Å². The molecule has 0 fully saturated rings. The highest BCUT2D eigenvalue weighted by atomic mass is 35.5. The molecule has 7 nitrogen and oxygen atoms in total. The molecule has 0 aliphatic carbocycles. The summed E-state index contributed by atoms with van der Waals surface area (Å²) in [4.78, 5) is 24.6. The van der Waals surface area contributed by atoms with Gasteiger partial charge >= 0.3 is 5.97 Å². The van der Waals surface area contributed by atoms with E-state index < -0.39 is 28.4 Å². The number of nitrogens with one attached hydrogen (secondary N) is 1. The number of carbonyl (C=O) groups excluding carboxylic acids is 2. The van der Waals surface area contributed by atoms with Gasteiger partial charge in [0.05, 0.1) is 29.9 Å². The number of amides is 1. The molecule has 1 amide bonds. The number of methoxy groups -OCH3 is 1. The van der Waals surface area contributed by atoms with Crippen molar-refractivity contribution in [3.8, 4) is 0 Å². The number of para-hydroxylation sites is 1. The van der Waals surface area contributed by atoms with E-state index in [0.717, 1.165) is 15.3 Å². The molecule has 28 heavy (non-hydrogen) atoms. The van der Waals surface area contributed by atoms with Crippen LogP contribution >= 0.6 is 23.4 Å². The van der Waals surface area contributed by atoms with Gasteiger partial charge in [-0.05, 0) is 36.6 Å². The molecule has 0 atom stereocenters. The molecule has 0 spiro atoms. The first-order chi connectivity index (χ1) is 13.2. The topological polar surface area (TPSA) is 92.8 Å². The summed E-state index contributed by atoms with van der Waals surface area (Å²) < 4.78 is 31.1. The van der Waals surface area contributed by atoms with E-state index in [2.05, 4.69) is 10.1 Å². The standard InChI is InChI=1S/C18H19ClN2O5S2/c1-21(11-17(22)20-14-6-4-5-7-15(14)27-3)28(24,25)16-10-12(18(23)26-2)8-9-13(16)19/h4-10H,11H2,1-3H3,(H,20,22). The quantitative estimate of drug-likeness (QED) is 0.523. The molecule has 0 saturated carbocycles. The Labute approximate surface area is 173 Å². The van der Waals surface area contributed by atoms with Gasteiger partial charge in [0.1, 0.15) is 4.90 Å². The van der Waals surface area contributed by atoms with Crippen molar-refractivity contribution >= 4 is 50.9 Å². The van der Waals surface area contributed by atoms with Crippen molar-refractivity contribution in [1.82, 2.24) is 4.31 Å². The molecular formula is C18H19ClN2O5S2. The van der Waals surface area contributed by atoms with E-state index in [-0.39, 0.29) is 15.5 Å². The van der Waals surface area contributed by atoms with Crippen molar-refractivity contribution in [2.75, 3.05) is 32.3 Å². The van der Waals surface area contributed by atoms with Crippen LogP contribution in [0.15, 0.2) is 52.3 Å². The molecule has 0 saturated heterocycles. The monoisotopic (exact) mass is 442 g/mol. The van der Waals surface area contributed by atoms with E-state index in [9.17, 15) is 18.0 Å². The Hall–Kier alpha value is -2.07. The molecule has 2 aromatic carbocycles. The van der Waals surface area contributed by atoms with Crippen molar-refractivity contribution in [2.24, 2.45) is 0 Å². The fourth-order valence-electron chi connectivity index (χ4n) is 2.34. The van der Waals surface area contributed by atoms with E-state index >= 15 is 0 Å². The number of halogens is 1. The Bertz CT molecular complexity index is 995. The lowest BCUT2D eigenvalue weighted by molar-refractivity contribution is -0.116. The number of sulfonamides is 1. The number of esters is 1. The Morgan fingerprint density at radius 1 is 1.21 bits per heavy atom. The van der Waals surface area contributed by atoms with E-state index in [1.807, 2.05) is 18.4 Å². The predicted molar refractivity (Wildman–Crippen MR) is 109 cm³/mol. The van der Waals surface area contributed by atoms with Crippen LogP contribution in [0.25, 0.3) is 0 Å². The fraction of sp³-hybridized carbons (Fsp3) is 0.222. The van der Waals surface area contributed by atoms with Crippen LogP contribution in [0.1, 0.15) is 10.4 Å². The zero-order chi connectivity index (χ0) is 20.9. The van der Waals surface area contributed by atoms with E-state index in [0.29, 0.717) is 5.69 Å². The van der Waals surface area contributed by atoms with E-state index in [1.165, 1.54) is 38.1 Å². The smallest absolute Gasteiger partial charge is 0.337 e. The molecule has 0 aliphatic heterocycles. The summed E-state index contributed by atoms with van der Waals surface area (Å²) >= 11 is 7.48. The van der Waals surface area contributed by atoms with Gasteiger partial charge in [0.25, 0.3) is 0 Å². The van der Waals surface area contributed by atoms with Gasteiger partial charge < -0.3 is 10.1 Å². The van der Waals surface area contributed by atoms with Gasteiger partial charge in [-0.2, -0.15) is 4.31 Å². The highest BCUT2D eigenvalue weighted by Crippen LogP contribution is 2.27. The summed E-state index contributed by atoms with van der Waals surface area (Å²) in [7, 11) is -1.66. The average Bonchev–Trinajstić information content (AvgIpc) is 2.67. The molecule has 2 aromatic rings. The number of likely N-dealkylation sites (N-methyl/N-ethyl adjacent to an activating group) is 1. The van der Waals surface area contributed by atoms with Gasteiger partial charge in [-0.1, -0.05) is 23.7 Å². The Morgan fingerprint density at radius 3 is 2.54 bits per heavy atom. The number of thioether (sulfide) groups is 1. The predicted octanol–water partition coefficient (Wildman–Crippen LogP) is 3.11. The third-order valence-corrected chi connectivity index (χ3v) is 6.87. The van der Waals surface area contributed by atoms with Gasteiger partial charge in [-0.3, -0.25) is 4.79 Å². The Balaban J connectivity index is 2.22. The first-order valence-electron chi connectivity index (χ1n) is 7.97. The lowest BCUT2D eigenvalue weighted by atomic mass is 10.2. The molecule has 0 aliphatic rings. The minimum atomic E-state index is -4.11. The second kappa shape index (κ2) is 9.42. The lowest BCUT2D eigenvalue weighted by Gasteiger charge is -2.18. The summed E-state index contributed by atoms with van der Waals surface area (Å²) in [6.07, 6.45) is 1.87. The van der Waals surface area contributed by atoms with E-state index in [4.69, 9.17) is 11.6 Å². The maximum atomic E-state index is 12.8. The zero-order valence-corrected chi connectivity index (χ0v) is 17.8. The van der Waals surface area contributed by atoms with Crippen LogP contribution < -0.4 is 5.32 Å². The number of ether oxygens (including phenoxy) is 1. The normalized spacial score (nSPS) is 11.3. The van der Waals surface area contributed by atoms with E-state index in [1.54, 1.807) is 12.1 Å². The van der Waals surface area contributed by atoms with Gasteiger partial charge in [0.2, 0.25) is 15.9 Å². The van der Waals surface area contributed by atoms with Gasteiger partial charge in [0.15, 0.2) is 0 Å². The third-order valence-electron chi connectivity index (χ3n) is 3.79. The number of anilines is 1. The maximum absolute atomic E-state index is 12.8. The van der Waals surface area contributed by atoms with Crippen molar-refractivity contribution in [2.45, 2.75) is 9.79 Å². The lowest BCUT2D eigenvalue weighted by Crippen LogP contribution is -2.35. The van der Waals surface area contributed by atoms with Crippen LogP contribution in [0.2, 0.25) is 5.02 Å². The molecule has 1 N–H and O–H groups in total. The van der Waals surface area contributed by atoms with Crippen LogP contribution in [0, 0.1) is 0 Å². The highest BCUT2D eigenvalue weighted by molar-refractivity contribution is 7.98. The highest BCUT2D eigenvalue weighted by Gasteiger charge is 2.27. The number of hydrogen-bond donors (Lipinski definition) is 1. The molecule has 0 unspecified atom stereocenters. The fourth-order valence-corrected chi connectivity index (χ4v) is 4.52. The number of rotatable bonds is 7. The summed E-state index contributed by atoms with van der Waals surface area (Å²) in [6, 6.07) is 11.0. The van der Waals surface area contributed by atoms with Crippen molar-refractivity contribution < 1.29 is 22.7 Å². The molecule has 0 heterocycles. The minimum absolute atomic E-state index is 0.0391. The molecule has 10 heteroatoms. The van der Waals surface area contributed by atoms with Crippen LogP contribution in [0.4, 0.5) is 5.69 Å². The van der Waals surface area contributed by atoms with Crippen molar-refractivity contribution in [3.05, 3.63) is 53.1 Å². The Kier molecular flexibility index (Phi) is 7.48. The average molecular weight is 443 g/mol.